The minimum absolute atomic E-state index is 0.0147. The highest BCUT2D eigenvalue weighted by Crippen LogP contribution is 2.30. The van der Waals surface area contributed by atoms with Gasteiger partial charge in [-0.05, 0) is 49.6 Å². The Morgan fingerprint density at radius 2 is 1.76 bits per heavy atom. The molecule has 0 saturated heterocycles. The van der Waals surface area contributed by atoms with Crippen molar-refractivity contribution in [3.05, 3.63) is 64.7 Å². The second kappa shape index (κ2) is 11.0. The number of nitrogens with zero attached hydrogens (tertiary/aromatic N) is 2. The van der Waals surface area contributed by atoms with Crippen LogP contribution < -0.4 is 5.32 Å². The topological polar surface area (TPSA) is 104 Å². The molecule has 0 fully saturated rings. The molecule has 3 rings (SSSR count). The van der Waals surface area contributed by atoms with Crippen LogP contribution in [0.2, 0.25) is 5.02 Å². The Labute approximate surface area is 204 Å². The molecule has 3 amide bonds. The summed E-state index contributed by atoms with van der Waals surface area (Å²) in [5.74, 6) is -1.13. The zero-order chi connectivity index (χ0) is 24.9. The minimum atomic E-state index is -3.93. The normalized spacial score (nSPS) is 15.0. The molecule has 34 heavy (non-hydrogen) atoms. The molecule has 0 bridgehead atoms. The Morgan fingerprint density at radius 1 is 1.09 bits per heavy atom. The van der Waals surface area contributed by atoms with Crippen molar-refractivity contribution < 1.29 is 22.8 Å². The predicted octanol–water partition coefficient (Wildman–Crippen LogP) is 3.21. The Bertz CT molecular complexity index is 1170. The summed E-state index contributed by atoms with van der Waals surface area (Å²) in [6, 6.07) is 12.4. The molecule has 1 N–H and O–H groups in total. The largest absolute Gasteiger partial charge is 0.355 e. The zero-order valence-corrected chi connectivity index (χ0v) is 20.7. The van der Waals surface area contributed by atoms with Crippen LogP contribution in [0.4, 0.5) is 0 Å². The molecule has 0 spiro atoms. The maximum absolute atomic E-state index is 13.2. The molecule has 1 unspecified atom stereocenters. The van der Waals surface area contributed by atoms with Crippen molar-refractivity contribution in [3.8, 4) is 0 Å². The molecule has 1 atom stereocenters. The summed E-state index contributed by atoms with van der Waals surface area (Å²) >= 11 is 5.97. The van der Waals surface area contributed by atoms with Crippen LogP contribution in [0.25, 0.3) is 0 Å². The average Bonchev–Trinajstić information content (AvgIpc) is 3.01. The van der Waals surface area contributed by atoms with Crippen LogP contribution in [-0.4, -0.2) is 54.5 Å². The maximum Gasteiger partial charge on any atom is 0.269 e. The molecule has 182 valence electrons. The van der Waals surface area contributed by atoms with Gasteiger partial charge in [-0.2, -0.15) is 0 Å². The van der Waals surface area contributed by atoms with E-state index in [0.29, 0.717) is 18.0 Å². The number of fused-ring (bicyclic) bond motifs is 1. The average molecular weight is 506 g/mol. The molecule has 0 aromatic heterocycles. The summed E-state index contributed by atoms with van der Waals surface area (Å²) < 4.78 is 26.3. The number of benzene rings is 2. The summed E-state index contributed by atoms with van der Waals surface area (Å²) in [6.45, 7) is 4.16. The van der Waals surface area contributed by atoms with Crippen molar-refractivity contribution in [2.75, 3.05) is 13.1 Å². The van der Waals surface area contributed by atoms with Gasteiger partial charge in [0.15, 0.2) is 0 Å². The molecular formula is C24H28ClN3O5S. The minimum Gasteiger partial charge on any atom is -0.355 e. The summed E-state index contributed by atoms with van der Waals surface area (Å²) in [4.78, 5) is 40.0. The summed E-state index contributed by atoms with van der Waals surface area (Å²) in [7, 11) is -3.93. The fourth-order valence-electron chi connectivity index (χ4n) is 3.97. The molecule has 8 nitrogen and oxygen atoms in total. The number of amides is 3. The fourth-order valence-corrected chi connectivity index (χ4v) is 5.70. The number of hydrogen-bond acceptors (Lipinski definition) is 5. The van der Waals surface area contributed by atoms with E-state index in [2.05, 4.69) is 5.32 Å². The lowest BCUT2D eigenvalue weighted by Gasteiger charge is -2.31. The van der Waals surface area contributed by atoms with Gasteiger partial charge >= 0.3 is 0 Å². The SMILES string of the molecule is CCNC(=O)C(CC)N(Cc1ccc(Cl)cc1)C(=O)CCCN1C(=O)c2ccccc2S1(=O)=O. The first-order valence-corrected chi connectivity index (χ1v) is 13.0. The number of hydrogen-bond donors (Lipinski definition) is 1. The first-order chi connectivity index (χ1) is 16.2. The van der Waals surface area contributed by atoms with Gasteiger partial charge in [0.1, 0.15) is 10.9 Å². The Balaban J connectivity index is 1.73. The van der Waals surface area contributed by atoms with Gasteiger partial charge in [-0.3, -0.25) is 14.4 Å². The van der Waals surface area contributed by atoms with Crippen molar-refractivity contribution in [2.45, 2.75) is 50.6 Å². The van der Waals surface area contributed by atoms with Gasteiger partial charge in [0.25, 0.3) is 15.9 Å². The van der Waals surface area contributed by atoms with E-state index in [-0.39, 0.29) is 48.2 Å². The van der Waals surface area contributed by atoms with E-state index in [4.69, 9.17) is 11.6 Å². The Kier molecular flexibility index (Phi) is 8.33. The Morgan fingerprint density at radius 3 is 2.38 bits per heavy atom. The monoisotopic (exact) mass is 505 g/mol. The van der Waals surface area contributed by atoms with Crippen LogP contribution in [0.15, 0.2) is 53.4 Å². The van der Waals surface area contributed by atoms with Crippen molar-refractivity contribution >= 4 is 39.3 Å². The molecule has 0 saturated carbocycles. The van der Waals surface area contributed by atoms with Crippen LogP contribution in [0.5, 0.6) is 0 Å². The summed E-state index contributed by atoms with van der Waals surface area (Å²) in [5.41, 5.74) is 0.953. The molecular weight excluding hydrogens is 478 g/mol. The van der Waals surface area contributed by atoms with Crippen LogP contribution in [0.1, 0.15) is 49.0 Å². The fraction of sp³-hybridized carbons (Fsp3) is 0.375. The predicted molar refractivity (Wildman–Crippen MR) is 129 cm³/mol. The number of halogens is 1. The lowest BCUT2D eigenvalue weighted by atomic mass is 10.1. The van der Waals surface area contributed by atoms with Crippen molar-refractivity contribution in [3.63, 3.8) is 0 Å². The van der Waals surface area contributed by atoms with Gasteiger partial charge in [-0.15, -0.1) is 0 Å². The standard InChI is InChI=1S/C24H28ClN3O5S/c1-3-20(23(30)26-4-2)27(16-17-11-13-18(25)14-12-17)22(29)10-7-15-28-24(31)19-8-5-6-9-21(19)34(28,32)33/h5-6,8-9,11-14,20H,3-4,7,10,15-16H2,1-2H3,(H,26,30). The van der Waals surface area contributed by atoms with Gasteiger partial charge in [0.05, 0.1) is 5.56 Å². The third-order valence-corrected chi connectivity index (χ3v) is 7.76. The lowest BCUT2D eigenvalue weighted by Crippen LogP contribution is -2.49. The molecule has 0 aliphatic carbocycles. The number of nitrogens with one attached hydrogen (secondary N) is 1. The first-order valence-electron chi connectivity index (χ1n) is 11.2. The van der Waals surface area contributed by atoms with Gasteiger partial charge in [0, 0.05) is 31.1 Å². The molecule has 1 aliphatic heterocycles. The smallest absolute Gasteiger partial charge is 0.269 e. The highest BCUT2D eigenvalue weighted by molar-refractivity contribution is 7.90. The van der Waals surface area contributed by atoms with E-state index in [0.717, 1.165) is 9.87 Å². The number of carbonyl (C=O) groups excluding carboxylic acids is 3. The van der Waals surface area contributed by atoms with E-state index in [1.54, 1.807) is 36.4 Å². The molecule has 1 heterocycles. The van der Waals surface area contributed by atoms with Crippen molar-refractivity contribution in [2.24, 2.45) is 0 Å². The zero-order valence-electron chi connectivity index (χ0n) is 19.2. The highest BCUT2D eigenvalue weighted by atomic mass is 35.5. The lowest BCUT2D eigenvalue weighted by molar-refractivity contribution is -0.141. The molecule has 0 radical (unpaired) electrons. The van der Waals surface area contributed by atoms with Gasteiger partial charge < -0.3 is 10.2 Å². The molecule has 2 aromatic rings. The summed E-state index contributed by atoms with van der Waals surface area (Å²) in [5, 5.41) is 3.33. The van der Waals surface area contributed by atoms with E-state index < -0.39 is 22.0 Å². The molecule has 10 heteroatoms. The van der Waals surface area contributed by atoms with Crippen LogP contribution in [0, 0.1) is 0 Å². The molecule has 2 aromatic carbocycles. The summed E-state index contributed by atoms with van der Waals surface area (Å²) in [6.07, 6.45) is 0.541. The highest BCUT2D eigenvalue weighted by Gasteiger charge is 2.40. The number of sulfonamides is 1. The number of rotatable bonds is 10. The first kappa shape index (κ1) is 25.7. The Hall–Kier alpha value is -2.91. The number of carbonyl (C=O) groups is 3. The third kappa shape index (κ3) is 5.42. The quantitative estimate of drug-likeness (QED) is 0.534. The van der Waals surface area contributed by atoms with Gasteiger partial charge in [0.2, 0.25) is 11.8 Å². The van der Waals surface area contributed by atoms with E-state index >= 15 is 0 Å². The van der Waals surface area contributed by atoms with Crippen molar-refractivity contribution in [1.82, 2.24) is 14.5 Å². The van der Waals surface area contributed by atoms with Crippen molar-refractivity contribution in [1.29, 1.82) is 0 Å². The van der Waals surface area contributed by atoms with E-state index in [9.17, 15) is 22.8 Å². The maximum atomic E-state index is 13.2. The van der Waals surface area contributed by atoms with Gasteiger partial charge in [-0.1, -0.05) is 42.8 Å². The van der Waals surface area contributed by atoms with Gasteiger partial charge in [-0.25, -0.2) is 12.7 Å². The second-order valence-electron chi connectivity index (χ2n) is 7.95. The van der Waals surface area contributed by atoms with Crippen LogP contribution in [-0.2, 0) is 26.2 Å². The molecule has 1 aliphatic rings. The van der Waals surface area contributed by atoms with E-state index in [1.165, 1.54) is 17.0 Å². The second-order valence-corrected chi connectivity index (χ2v) is 10.2. The van der Waals surface area contributed by atoms with Crippen LogP contribution >= 0.6 is 11.6 Å². The van der Waals surface area contributed by atoms with Crippen LogP contribution in [0.3, 0.4) is 0 Å². The van der Waals surface area contributed by atoms with E-state index in [1.807, 2.05) is 13.8 Å². The number of likely N-dealkylation sites (N-methyl/N-ethyl adjacent to an activating group) is 1. The third-order valence-electron chi connectivity index (χ3n) is 5.67.